The third-order valence-corrected chi connectivity index (χ3v) is 3.71. The van der Waals surface area contributed by atoms with Gasteiger partial charge in [0.1, 0.15) is 0 Å². The molecule has 2 rings (SSSR count). The van der Waals surface area contributed by atoms with Gasteiger partial charge in [0, 0.05) is 36.9 Å². The first-order valence-electron chi connectivity index (χ1n) is 6.49. The van der Waals surface area contributed by atoms with Crippen molar-refractivity contribution < 1.29 is 0 Å². The first-order chi connectivity index (χ1) is 8.02. The molecule has 17 heavy (non-hydrogen) atoms. The minimum atomic E-state index is 0.435. The Morgan fingerprint density at radius 2 is 2.06 bits per heavy atom. The van der Waals surface area contributed by atoms with Crippen LogP contribution in [0.2, 0.25) is 0 Å². The van der Waals surface area contributed by atoms with Crippen molar-refractivity contribution in [3.05, 3.63) is 17.0 Å². The molecule has 1 unspecified atom stereocenters. The summed E-state index contributed by atoms with van der Waals surface area (Å²) < 4.78 is 2.15. The maximum absolute atomic E-state index is 4.68. The molecule has 4 heteroatoms. The summed E-state index contributed by atoms with van der Waals surface area (Å²) >= 11 is 0. The third kappa shape index (κ3) is 2.24. The van der Waals surface area contributed by atoms with Crippen LogP contribution in [-0.4, -0.2) is 41.4 Å². The molecule has 0 saturated carbocycles. The van der Waals surface area contributed by atoms with Crippen LogP contribution in [0.5, 0.6) is 0 Å². The van der Waals surface area contributed by atoms with Crippen molar-refractivity contribution in [2.45, 2.75) is 39.8 Å². The van der Waals surface area contributed by atoms with Crippen LogP contribution in [0.4, 0.5) is 0 Å². The van der Waals surface area contributed by atoms with Crippen molar-refractivity contribution in [1.29, 1.82) is 0 Å². The van der Waals surface area contributed by atoms with Gasteiger partial charge in [-0.15, -0.1) is 0 Å². The Bertz CT molecular complexity index is 394. The maximum atomic E-state index is 4.68. The molecule has 0 radical (unpaired) electrons. The van der Waals surface area contributed by atoms with E-state index in [1.165, 1.54) is 17.0 Å². The van der Waals surface area contributed by atoms with Gasteiger partial charge in [0.05, 0.1) is 11.7 Å². The monoisotopic (exact) mass is 236 g/mol. The molecular weight excluding hydrogens is 212 g/mol. The fraction of sp³-hybridized carbons (Fsp3) is 0.769. The molecule has 2 heterocycles. The smallest absolute Gasteiger partial charge is 0.0645 e. The highest BCUT2D eigenvalue weighted by Crippen LogP contribution is 2.28. The Balaban J connectivity index is 2.37. The van der Waals surface area contributed by atoms with E-state index in [-0.39, 0.29) is 0 Å². The molecule has 96 valence electrons. The van der Waals surface area contributed by atoms with E-state index < -0.39 is 0 Å². The number of rotatable bonds is 2. The predicted octanol–water partition coefficient (Wildman–Crippen LogP) is 1.66. The van der Waals surface area contributed by atoms with Crippen molar-refractivity contribution in [3.8, 4) is 0 Å². The summed E-state index contributed by atoms with van der Waals surface area (Å²) in [5.41, 5.74) is 3.91. The van der Waals surface area contributed by atoms with Gasteiger partial charge in [-0.2, -0.15) is 5.10 Å². The van der Waals surface area contributed by atoms with E-state index in [1.807, 2.05) is 0 Å². The van der Waals surface area contributed by atoms with E-state index in [2.05, 4.69) is 54.7 Å². The van der Waals surface area contributed by atoms with Gasteiger partial charge in [0.25, 0.3) is 0 Å². The second kappa shape index (κ2) is 4.78. The molecule has 1 aromatic rings. The summed E-state index contributed by atoms with van der Waals surface area (Å²) in [5.74, 6) is 0. The van der Waals surface area contributed by atoms with Crippen LogP contribution >= 0.6 is 0 Å². The zero-order chi connectivity index (χ0) is 12.6. The highest BCUT2D eigenvalue weighted by molar-refractivity contribution is 5.29. The van der Waals surface area contributed by atoms with Crippen LogP contribution in [-0.2, 0) is 0 Å². The van der Waals surface area contributed by atoms with Crippen molar-refractivity contribution in [3.63, 3.8) is 0 Å². The van der Waals surface area contributed by atoms with E-state index in [4.69, 9.17) is 0 Å². The lowest BCUT2D eigenvalue weighted by Gasteiger charge is -2.33. The Morgan fingerprint density at radius 3 is 2.59 bits per heavy atom. The first-order valence-corrected chi connectivity index (χ1v) is 6.49. The molecule has 0 aliphatic carbocycles. The van der Waals surface area contributed by atoms with E-state index in [0.717, 1.165) is 19.6 Å². The van der Waals surface area contributed by atoms with Gasteiger partial charge in [-0.3, -0.25) is 9.58 Å². The van der Waals surface area contributed by atoms with Gasteiger partial charge in [-0.1, -0.05) is 0 Å². The summed E-state index contributed by atoms with van der Waals surface area (Å²) in [6, 6.07) is 0.903. The average Bonchev–Trinajstić information content (AvgIpc) is 2.56. The number of nitrogens with one attached hydrogen (secondary N) is 1. The lowest BCUT2D eigenvalue weighted by atomic mass is 10.0. The van der Waals surface area contributed by atoms with Gasteiger partial charge < -0.3 is 5.32 Å². The fourth-order valence-corrected chi connectivity index (χ4v) is 2.79. The Labute approximate surface area is 104 Å². The number of hydrogen-bond acceptors (Lipinski definition) is 3. The van der Waals surface area contributed by atoms with E-state index in [1.54, 1.807) is 0 Å². The van der Waals surface area contributed by atoms with E-state index >= 15 is 0 Å². The molecule has 1 atom stereocenters. The zero-order valence-corrected chi connectivity index (χ0v) is 11.6. The minimum absolute atomic E-state index is 0.435. The summed E-state index contributed by atoms with van der Waals surface area (Å²) in [4.78, 5) is 2.43. The van der Waals surface area contributed by atoms with Crippen LogP contribution in [0.3, 0.4) is 0 Å². The molecule has 1 fully saturated rings. The van der Waals surface area contributed by atoms with Crippen molar-refractivity contribution in [1.82, 2.24) is 20.0 Å². The molecule has 0 amide bonds. The second-order valence-corrected chi connectivity index (χ2v) is 5.32. The maximum Gasteiger partial charge on any atom is 0.0645 e. The lowest BCUT2D eigenvalue weighted by molar-refractivity contribution is 0.201. The van der Waals surface area contributed by atoms with Crippen molar-refractivity contribution in [2.24, 2.45) is 0 Å². The van der Waals surface area contributed by atoms with E-state index in [9.17, 15) is 0 Å². The quantitative estimate of drug-likeness (QED) is 0.847. The summed E-state index contributed by atoms with van der Waals surface area (Å²) in [7, 11) is 2.21. The van der Waals surface area contributed by atoms with Crippen LogP contribution in [0.25, 0.3) is 0 Å². The number of piperazine rings is 1. The van der Waals surface area contributed by atoms with Gasteiger partial charge in [-0.25, -0.2) is 0 Å². The molecule has 4 nitrogen and oxygen atoms in total. The summed E-state index contributed by atoms with van der Waals surface area (Å²) in [6.07, 6.45) is 0. The number of aryl methyl sites for hydroxylation is 1. The van der Waals surface area contributed by atoms with Crippen molar-refractivity contribution >= 4 is 0 Å². The van der Waals surface area contributed by atoms with E-state index in [0.29, 0.717) is 12.1 Å². The lowest BCUT2D eigenvalue weighted by Crippen LogP contribution is -2.44. The number of aromatic nitrogens is 2. The van der Waals surface area contributed by atoms with Crippen molar-refractivity contribution in [2.75, 3.05) is 26.7 Å². The molecule has 1 N–H and O–H groups in total. The normalized spacial score (nSPS) is 22.4. The zero-order valence-electron chi connectivity index (χ0n) is 11.6. The molecular formula is C13H24N4. The molecule has 1 aliphatic heterocycles. The van der Waals surface area contributed by atoms with Gasteiger partial charge in [0.2, 0.25) is 0 Å². The first kappa shape index (κ1) is 12.6. The number of nitrogens with zero attached hydrogens (tertiary/aromatic N) is 3. The molecule has 0 aromatic carbocycles. The Hall–Kier alpha value is -0.870. The molecule has 1 aliphatic rings. The van der Waals surface area contributed by atoms with Crippen LogP contribution < -0.4 is 5.32 Å². The molecule has 0 bridgehead atoms. The third-order valence-electron chi connectivity index (χ3n) is 3.71. The van der Waals surface area contributed by atoms with Crippen LogP contribution in [0.15, 0.2) is 0 Å². The molecule has 1 aromatic heterocycles. The number of likely N-dealkylation sites (N-methyl/N-ethyl adjacent to an activating group) is 1. The summed E-state index contributed by atoms with van der Waals surface area (Å²) in [6.45, 7) is 11.9. The Morgan fingerprint density at radius 1 is 1.35 bits per heavy atom. The largest absolute Gasteiger partial charge is 0.314 e. The summed E-state index contributed by atoms with van der Waals surface area (Å²) in [5, 5.41) is 8.16. The minimum Gasteiger partial charge on any atom is -0.314 e. The average molecular weight is 236 g/mol. The van der Waals surface area contributed by atoms with Crippen LogP contribution in [0.1, 0.15) is 42.9 Å². The second-order valence-electron chi connectivity index (χ2n) is 5.32. The molecule has 1 saturated heterocycles. The Kier molecular flexibility index (Phi) is 3.54. The highest BCUT2D eigenvalue weighted by Gasteiger charge is 2.26. The number of hydrogen-bond donors (Lipinski definition) is 1. The van der Waals surface area contributed by atoms with Gasteiger partial charge >= 0.3 is 0 Å². The highest BCUT2D eigenvalue weighted by atomic mass is 15.3. The fourth-order valence-electron chi connectivity index (χ4n) is 2.79. The molecule has 0 spiro atoms. The standard InChI is InChI=1S/C13H24N4/c1-9(2)17-11(4)13(10(3)15-17)12-8-14-6-7-16(12)5/h9,12,14H,6-8H2,1-5H3. The predicted molar refractivity (Wildman–Crippen MR) is 70.3 cm³/mol. The van der Waals surface area contributed by atoms with Gasteiger partial charge in [-0.05, 0) is 34.7 Å². The SMILES string of the molecule is Cc1nn(C(C)C)c(C)c1C1CNCCN1C. The van der Waals surface area contributed by atoms with Gasteiger partial charge in [0.15, 0.2) is 0 Å². The topological polar surface area (TPSA) is 33.1 Å². The van der Waals surface area contributed by atoms with Crippen LogP contribution in [0, 0.1) is 13.8 Å².